The molecule has 3 unspecified atom stereocenters. The Hall–Kier alpha value is -1.73. The van der Waals surface area contributed by atoms with Gasteiger partial charge in [0.2, 0.25) is 0 Å². The van der Waals surface area contributed by atoms with Crippen LogP contribution in [0.2, 0.25) is 0 Å². The Bertz CT molecular complexity index is 744. The number of nitrogens with one attached hydrogen (secondary N) is 2. The molecule has 2 saturated heterocycles. The predicted molar refractivity (Wildman–Crippen MR) is 85.8 cm³/mol. The minimum Gasteiger partial charge on any atom is -0.381 e. The summed E-state index contributed by atoms with van der Waals surface area (Å²) in [6, 6.07) is 0. The molecule has 4 rings (SSSR count). The number of nitrogens with zero attached hydrogens (tertiary/aromatic N) is 3. The summed E-state index contributed by atoms with van der Waals surface area (Å²) in [4.78, 5) is 19.9. The Morgan fingerprint density at radius 1 is 1.30 bits per heavy atom. The van der Waals surface area contributed by atoms with Crippen LogP contribution in [0.25, 0.3) is 5.52 Å². The van der Waals surface area contributed by atoms with Crippen molar-refractivity contribution in [2.24, 2.45) is 5.92 Å². The zero-order valence-corrected chi connectivity index (χ0v) is 13.4. The standard InChI is InChI=1S/C16H23N5O2/c1-10-7-17-8-12(10)14-19-16(22)13-9-18-15(21(13)20-14)11-3-2-5-23-6-4-11/h9-12,17H,2-8H2,1H3,(H,19,20,22). The van der Waals surface area contributed by atoms with E-state index in [1.807, 2.05) is 0 Å². The van der Waals surface area contributed by atoms with Crippen LogP contribution < -0.4 is 10.9 Å². The van der Waals surface area contributed by atoms with Crippen molar-refractivity contribution in [2.45, 2.75) is 38.0 Å². The SMILES string of the molecule is CC1CNCC1c1nn2c(C3CCCOCC3)ncc2c(=O)[nH]1. The molecular formula is C16H23N5O2. The molecule has 2 fully saturated rings. The van der Waals surface area contributed by atoms with Crippen molar-refractivity contribution in [3.63, 3.8) is 0 Å². The van der Waals surface area contributed by atoms with Crippen LogP contribution in [0.5, 0.6) is 0 Å². The van der Waals surface area contributed by atoms with Crippen molar-refractivity contribution in [3.8, 4) is 0 Å². The van der Waals surface area contributed by atoms with Gasteiger partial charge in [0.15, 0.2) is 5.52 Å². The summed E-state index contributed by atoms with van der Waals surface area (Å²) < 4.78 is 7.32. The highest BCUT2D eigenvalue weighted by Crippen LogP contribution is 2.27. The Balaban J connectivity index is 1.77. The summed E-state index contributed by atoms with van der Waals surface area (Å²) in [5.41, 5.74) is 0.435. The van der Waals surface area contributed by atoms with E-state index in [0.29, 0.717) is 17.4 Å². The van der Waals surface area contributed by atoms with Crippen LogP contribution in [-0.2, 0) is 4.74 Å². The van der Waals surface area contributed by atoms with Gasteiger partial charge in [0.1, 0.15) is 11.6 Å². The average molecular weight is 317 g/mol. The zero-order chi connectivity index (χ0) is 15.8. The lowest BCUT2D eigenvalue weighted by atomic mass is 9.97. The second kappa shape index (κ2) is 6.05. The first kappa shape index (κ1) is 14.8. The van der Waals surface area contributed by atoms with Crippen LogP contribution in [0.15, 0.2) is 11.0 Å². The smallest absolute Gasteiger partial charge is 0.276 e. The molecule has 0 aromatic carbocycles. The first-order valence-corrected chi connectivity index (χ1v) is 8.50. The lowest BCUT2D eigenvalue weighted by molar-refractivity contribution is 0.143. The van der Waals surface area contributed by atoms with Gasteiger partial charge >= 0.3 is 0 Å². The molecule has 2 aromatic rings. The number of fused-ring (bicyclic) bond motifs is 1. The number of aromatic amines is 1. The summed E-state index contributed by atoms with van der Waals surface area (Å²) in [5.74, 6) is 2.69. The van der Waals surface area contributed by atoms with E-state index in [1.165, 1.54) is 0 Å². The maximum absolute atomic E-state index is 12.4. The van der Waals surface area contributed by atoms with E-state index in [9.17, 15) is 4.79 Å². The maximum Gasteiger partial charge on any atom is 0.276 e. The number of imidazole rings is 1. The molecule has 0 saturated carbocycles. The summed E-state index contributed by atoms with van der Waals surface area (Å²) in [6.07, 6.45) is 4.64. The minimum atomic E-state index is -0.0993. The molecule has 0 amide bonds. The monoisotopic (exact) mass is 317 g/mol. The second-order valence-corrected chi connectivity index (χ2v) is 6.74. The number of H-pyrrole nitrogens is 1. The third-order valence-corrected chi connectivity index (χ3v) is 5.13. The number of hydrogen-bond donors (Lipinski definition) is 2. The van der Waals surface area contributed by atoms with Gasteiger partial charge in [-0.25, -0.2) is 9.50 Å². The molecule has 2 aliphatic heterocycles. The first-order chi connectivity index (χ1) is 11.2. The van der Waals surface area contributed by atoms with Gasteiger partial charge < -0.3 is 15.0 Å². The number of rotatable bonds is 2. The van der Waals surface area contributed by atoms with Crippen molar-refractivity contribution in [1.82, 2.24) is 24.9 Å². The normalized spacial score (nSPS) is 29.0. The van der Waals surface area contributed by atoms with E-state index >= 15 is 0 Å². The molecule has 0 aliphatic carbocycles. The van der Waals surface area contributed by atoms with Crippen LogP contribution in [0.3, 0.4) is 0 Å². The average Bonchev–Trinajstić information content (AvgIpc) is 3.06. The van der Waals surface area contributed by atoms with Gasteiger partial charge in [-0.1, -0.05) is 6.92 Å². The van der Waals surface area contributed by atoms with Crippen molar-refractivity contribution < 1.29 is 4.74 Å². The van der Waals surface area contributed by atoms with E-state index in [1.54, 1.807) is 10.7 Å². The third kappa shape index (κ3) is 2.68. The molecule has 0 radical (unpaired) electrons. The summed E-state index contributed by atoms with van der Waals surface area (Å²) >= 11 is 0. The van der Waals surface area contributed by atoms with Crippen molar-refractivity contribution in [2.75, 3.05) is 26.3 Å². The van der Waals surface area contributed by atoms with Crippen LogP contribution in [0.1, 0.15) is 49.7 Å². The van der Waals surface area contributed by atoms with Crippen LogP contribution in [-0.4, -0.2) is 45.9 Å². The van der Waals surface area contributed by atoms with Crippen LogP contribution >= 0.6 is 0 Å². The summed E-state index contributed by atoms with van der Waals surface area (Å²) in [6.45, 7) is 5.57. The third-order valence-electron chi connectivity index (χ3n) is 5.13. The predicted octanol–water partition coefficient (Wildman–Crippen LogP) is 1.02. The van der Waals surface area contributed by atoms with E-state index in [0.717, 1.165) is 57.2 Å². The van der Waals surface area contributed by atoms with Crippen LogP contribution in [0, 0.1) is 5.92 Å². The summed E-state index contributed by atoms with van der Waals surface area (Å²) in [7, 11) is 0. The van der Waals surface area contributed by atoms with E-state index in [4.69, 9.17) is 9.84 Å². The van der Waals surface area contributed by atoms with E-state index in [2.05, 4.69) is 22.2 Å². The highest BCUT2D eigenvalue weighted by Gasteiger charge is 2.28. The molecule has 7 nitrogen and oxygen atoms in total. The van der Waals surface area contributed by atoms with Gasteiger partial charge in [0.05, 0.1) is 6.20 Å². The summed E-state index contributed by atoms with van der Waals surface area (Å²) in [5, 5.41) is 8.12. The van der Waals surface area contributed by atoms with Gasteiger partial charge in [0.25, 0.3) is 5.56 Å². The first-order valence-electron chi connectivity index (χ1n) is 8.50. The lowest BCUT2D eigenvalue weighted by Gasteiger charge is -2.15. The molecule has 2 N–H and O–H groups in total. The van der Waals surface area contributed by atoms with Crippen molar-refractivity contribution in [3.05, 3.63) is 28.2 Å². The van der Waals surface area contributed by atoms with E-state index in [-0.39, 0.29) is 11.5 Å². The minimum absolute atomic E-state index is 0.0993. The number of aromatic nitrogens is 4. The number of ether oxygens (including phenoxy) is 1. The second-order valence-electron chi connectivity index (χ2n) is 6.74. The van der Waals surface area contributed by atoms with Crippen LogP contribution in [0.4, 0.5) is 0 Å². The fraction of sp³-hybridized carbons (Fsp3) is 0.688. The van der Waals surface area contributed by atoms with Crippen molar-refractivity contribution in [1.29, 1.82) is 0 Å². The van der Waals surface area contributed by atoms with Gasteiger partial charge in [-0.15, -0.1) is 0 Å². The molecule has 2 aromatic heterocycles. The fourth-order valence-electron chi connectivity index (χ4n) is 3.72. The molecule has 3 atom stereocenters. The highest BCUT2D eigenvalue weighted by atomic mass is 16.5. The topological polar surface area (TPSA) is 84.3 Å². The maximum atomic E-state index is 12.4. The zero-order valence-electron chi connectivity index (χ0n) is 13.4. The molecule has 4 heterocycles. The molecule has 23 heavy (non-hydrogen) atoms. The highest BCUT2D eigenvalue weighted by molar-refractivity contribution is 5.42. The van der Waals surface area contributed by atoms with Gasteiger partial charge in [-0.2, -0.15) is 5.10 Å². The van der Waals surface area contributed by atoms with Gasteiger partial charge in [-0.05, 0) is 31.7 Å². The molecule has 0 spiro atoms. The Kier molecular flexibility index (Phi) is 3.90. The lowest BCUT2D eigenvalue weighted by Crippen LogP contribution is -2.22. The molecule has 7 heteroatoms. The molecule has 124 valence electrons. The largest absolute Gasteiger partial charge is 0.381 e. The molecular weight excluding hydrogens is 294 g/mol. The Morgan fingerprint density at radius 3 is 3.04 bits per heavy atom. The van der Waals surface area contributed by atoms with Crippen molar-refractivity contribution >= 4 is 5.52 Å². The Morgan fingerprint density at radius 2 is 2.22 bits per heavy atom. The fourth-order valence-corrected chi connectivity index (χ4v) is 3.72. The molecule has 2 aliphatic rings. The van der Waals surface area contributed by atoms with Gasteiger partial charge in [0, 0.05) is 31.6 Å². The Labute approximate surface area is 134 Å². The van der Waals surface area contributed by atoms with Gasteiger partial charge in [-0.3, -0.25) is 4.79 Å². The van der Waals surface area contributed by atoms with E-state index < -0.39 is 0 Å². The number of hydrogen-bond acceptors (Lipinski definition) is 5. The quantitative estimate of drug-likeness (QED) is 0.864. The molecule has 0 bridgehead atoms.